The number of pyridine rings is 4. The molecule has 0 saturated carbocycles. The normalized spacial score (nSPS) is 10.6. The molecule has 67 heavy (non-hydrogen) atoms. The molecule has 3 amide bonds. The van der Waals surface area contributed by atoms with Crippen LogP contribution in [-0.2, 0) is 0 Å². The molecular formula is C40H28N14O12S. The summed E-state index contributed by atoms with van der Waals surface area (Å²) in [6.07, 6.45) is 8.53. The van der Waals surface area contributed by atoms with Crippen molar-refractivity contribution in [3.63, 3.8) is 0 Å². The number of thiophene rings is 1. The van der Waals surface area contributed by atoms with Gasteiger partial charge in [-0.25, -0.2) is 31.2 Å². The Morgan fingerprint density at radius 2 is 1.03 bits per heavy atom. The quantitative estimate of drug-likeness (QED) is 0.0631. The minimum absolute atomic E-state index is 0.00936. The Morgan fingerprint density at radius 3 is 1.48 bits per heavy atom. The maximum atomic E-state index is 11.9. The second-order valence-corrected chi connectivity index (χ2v) is 13.6. The summed E-state index contributed by atoms with van der Waals surface area (Å²) in [5, 5.41) is 64.8. The van der Waals surface area contributed by atoms with Crippen molar-refractivity contribution in [2.75, 3.05) is 0 Å². The van der Waals surface area contributed by atoms with Crippen molar-refractivity contribution in [3.05, 3.63) is 202 Å². The number of benzene rings is 2. The number of nitro groups is 4. The largest absolute Gasteiger partial charge is 0.507 e. The number of hydrogen-bond acceptors (Lipinski definition) is 20. The molecule has 0 radical (unpaired) electrons. The fraction of sp³-hybridized carbons (Fsp3) is 0. The Balaban J connectivity index is 0.000000189. The van der Waals surface area contributed by atoms with E-state index < -0.39 is 37.4 Å². The first-order chi connectivity index (χ1) is 32.2. The van der Waals surface area contributed by atoms with Gasteiger partial charge in [-0.2, -0.15) is 15.3 Å². The van der Waals surface area contributed by atoms with Crippen LogP contribution in [0.4, 0.5) is 22.1 Å². The number of phenols is 1. The lowest BCUT2D eigenvalue weighted by Gasteiger charge is -2.04. The van der Waals surface area contributed by atoms with Crippen LogP contribution in [0.25, 0.3) is 10.8 Å². The lowest BCUT2D eigenvalue weighted by molar-refractivity contribution is -0.385. The van der Waals surface area contributed by atoms with Gasteiger partial charge in [0, 0.05) is 36.0 Å². The van der Waals surface area contributed by atoms with Gasteiger partial charge in [0.2, 0.25) is 0 Å². The first kappa shape index (κ1) is 47.9. The fourth-order valence-electron chi connectivity index (χ4n) is 4.91. The molecule has 2 aromatic carbocycles. The summed E-state index contributed by atoms with van der Waals surface area (Å²) < 4.78 is 0. The van der Waals surface area contributed by atoms with Crippen molar-refractivity contribution in [2.45, 2.75) is 0 Å². The van der Waals surface area contributed by atoms with E-state index in [4.69, 9.17) is 0 Å². The molecule has 0 aliphatic rings. The predicted molar refractivity (Wildman–Crippen MR) is 239 cm³/mol. The summed E-state index contributed by atoms with van der Waals surface area (Å²) in [6, 6.07) is 26.0. The topological polar surface area (TPSA) is 369 Å². The van der Waals surface area contributed by atoms with Gasteiger partial charge in [0.15, 0.2) is 0 Å². The number of amides is 3. The second-order valence-electron chi connectivity index (χ2n) is 12.5. The Labute approximate surface area is 377 Å². The Morgan fingerprint density at radius 1 is 0.537 bits per heavy atom. The average Bonchev–Trinajstić information content (AvgIpc) is 3.82. The van der Waals surface area contributed by atoms with Gasteiger partial charge in [-0.1, -0.05) is 47.7 Å². The fourth-order valence-corrected chi connectivity index (χ4v) is 5.60. The molecule has 0 unspecified atom stereocenters. The Hall–Kier alpha value is -10.2. The van der Waals surface area contributed by atoms with E-state index in [-0.39, 0.29) is 44.9 Å². The summed E-state index contributed by atoms with van der Waals surface area (Å²) in [5.74, 6) is -1.81. The first-order valence-corrected chi connectivity index (χ1v) is 19.2. The molecule has 4 N–H and O–H groups in total. The summed E-state index contributed by atoms with van der Waals surface area (Å²) >= 11 is 0.903. The van der Waals surface area contributed by atoms with E-state index >= 15 is 0 Å². The van der Waals surface area contributed by atoms with Crippen LogP contribution in [0.5, 0.6) is 5.75 Å². The third-order valence-corrected chi connectivity index (χ3v) is 9.05. The third-order valence-electron chi connectivity index (χ3n) is 8.08. The predicted octanol–water partition coefficient (Wildman–Crippen LogP) is 5.48. The highest BCUT2D eigenvalue weighted by molar-refractivity contribution is 7.16. The molecular weight excluding hydrogens is 901 g/mol. The molecule has 0 aliphatic carbocycles. The highest BCUT2D eigenvalue weighted by atomic mass is 32.1. The number of carbonyl (C=O) groups excluding carboxylic acids is 3. The van der Waals surface area contributed by atoms with E-state index in [9.17, 15) is 59.9 Å². The van der Waals surface area contributed by atoms with Crippen LogP contribution in [0.2, 0.25) is 0 Å². The molecule has 27 heteroatoms. The van der Waals surface area contributed by atoms with Crippen LogP contribution in [-0.4, -0.2) is 81.1 Å². The molecule has 0 aliphatic heterocycles. The van der Waals surface area contributed by atoms with Crippen molar-refractivity contribution in [1.82, 2.24) is 36.2 Å². The van der Waals surface area contributed by atoms with Crippen LogP contribution < -0.4 is 16.3 Å². The highest BCUT2D eigenvalue weighted by Crippen LogP contribution is 2.25. The van der Waals surface area contributed by atoms with Crippen molar-refractivity contribution < 1.29 is 39.2 Å². The van der Waals surface area contributed by atoms with Crippen LogP contribution in [0.3, 0.4) is 0 Å². The van der Waals surface area contributed by atoms with E-state index in [1.807, 2.05) is 24.3 Å². The lowest BCUT2D eigenvalue weighted by atomic mass is 10.0. The van der Waals surface area contributed by atoms with Crippen LogP contribution >= 0.6 is 11.3 Å². The molecule has 0 fully saturated rings. The molecule has 0 saturated heterocycles. The summed E-state index contributed by atoms with van der Waals surface area (Å²) in [7, 11) is 0. The zero-order valence-electron chi connectivity index (χ0n) is 33.6. The molecule has 5 heterocycles. The first-order valence-electron chi connectivity index (χ1n) is 18.4. The Bertz CT molecular complexity index is 3020. The van der Waals surface area contributed by atoms with Gasteiger partial charge in [-0.3, -0.25) is 59.8 Å². The molecule has 26 nitrogen and oxygen atoms in total. The lowest BCUT2D eigenvalue weighted by Crippen LogP contribution is -2.19. The second kappa shape index (κ2) is 23.3. The smallest absolute Gasteiger partial charge is 0.324 e. The van der Waals surface area contributed by atoms with E-state index in [1.54, 1.807) is 36.5 Å². The molecule has 336 valence electrons. The average molecular weight is 929 g/mol. The van der Waals surface area contributed by atoms with Gasteiger partial charge < -0.3 is 5.11 Å². The van der Waals surface area contributed by atoms with Crippen molar-refractivity contribution in [1.29, 1.82) is 0 Å². The highest BCUT2D eigenvalue weighted by Gasteiger charge is 2.14. The number of hydrazone groups is 3. The van der Waals surface area contributed by atoms with E-state index in [0.29, 0.717) is 16.1 Å². The van der Waals surface area contributed by atoms with Gasteiger partial charge in [-0.05, 0) is 53.2 Å². The minimum Gasteiger partial charge on any atom is -0.507 e. The zero-order valence-corrected chi connectivity index (χ0v) is 34.4. The van der Waals surface area contributed by atoms with E-state index in [1.165, 1.54) is 61.1 Å². The van der Waals surface area contributed by atoms with Gasteiger partial charge >= 0.3 is 5.00 Å². The number of nitrogens with zero attached hydrogens (tertiary/aromatic N) is 11. The van der Waals surface area contributed by atoms with Crippen LogP contribution in [0.1, 0.15) is 47.6 Å². The molecule has 7 rings (SSSR count). The van der Waals surface area contributed by atoms with Crippen molar-refractivity contribution in [3.8, 4) is 5.75 Å². The zero-order chi connectivity index (χ0) is 48.3. The number of phenolic OH excluding ortho intramolecular Hbond substituents is 1. The summed E-state index contributed by atoms with van der Waals surface area (Å²) in [4.78, 5) is 90.4. The van der Waals surface area contributed by atoms with Crippen molar-refractivity contribution >= 4 is 80.5 Å². The molecule has 0 spiro atoms. The number of aromatic nitrogens is 4. The molecule has 0 atom stereocenters. The molecule has 5 aromatic heterocycles. The summed E-state index contributed by atoms with van der Waals surface area (Å²) in [6.45, 7) is 0. The standard InChI is InChI=1S/C17H12N4O4.C12H9N5O3.C11H7N5O5S/c22-16-8-5-11-3-1-2-4-13(11)14(16)10-19-20-17(23)15-7-6-12(9-18-15)21(24)25;18-12(11-5-4-10(8-14-11)17(19)20)16-15-7-9-3-1-2-6-13-9;17-11(9-3-1-7(5-12-9)15(18)19)14-13-6-8-2-4-10(22-8)16(20)21/h1-10,22H,(H,20,23);1-8H,(H,16,18);1-6H,(H,14,17). The minimum atomic E-state index is -0.655. The van der Waals surface area contributed by atoms with Gasteiger partial charge in [0.25, 0.3) is 34.8 Å². The van der Waals surface area contributed by atoms with E-state index in [0.717, 1.165) is 46.8 Å². The maximum Gasteiger partial charge on any atom is 0.324 e. The van der Waals surface area contributed by atoms with Crippen molar-refractivity contribution in [2.24, 2.45) is 15.3 Å². The van der Waals surface area contributed by atoms with E-state index in [2.05, 4.69) is 51.5 Å². The van der Waals surface area contributed by atoms with Gasteiger partial charge in [-0.15, -0.1) is 0 Å². The van der Waals surface area contributed by atoms with Crippen LogP contribution in [0.15, 0.2) is 143 Å². The van der Waals surface area contributed by atoms with Gasteiger partial charge in [0.1, 0.15) is 41.4 Å². The number of aromatic hydroxyl groups is 1. The summed E-state index contributed by atoms with van der Waals surface area (Å²) in [5.41, 5.74) is 7.12. The number of fused-ring (bicyclic) bond motifs is 1. The monoisotopic (exact) mass is 928 g/mol. The number of nitrogens with one attached hydrogen (secondary N) is 3. The number of hydrogen-bond donors (Lipinski definition) is 4. The maximum absolute atomic E-state index is 11.9. The Kier molecular flexibility index (Phi) is 16.7. The van der Waals surface area contributed by atoms with Crippen LogP contribution in [0, 0.1) is 40.5 Å². The number of carbonyl (C=O) groups is 3. The molecule has 0 bridgehead atoms. The third kappa shape index (κ3) is 14.2. The molecule has 7 aromatic rings. The SMILES string of the molecule is O=C(NN=Cc1c(O)ccc2ccccc12)c1ccc([N+](=O)[O-])cn1.O=C(NN=Cc1ccc([N+](=O)[O-])s1)c1ccc([N+](=O)[O-])cn1.O=C(NN=Cc1ccccn1)c1ccc([N+](=O)[O-])cn1. The number of rotatable bonds is 13. The van der Waals surface area contributed by atoms with Gasteiger partial charge in [0.05, 0.1) is 48.9 Å².